The normalized spacial score (nSPS) is 19.3. The number of rotatable bonds is 7. The fraction of sp³-hybridized carbons (Fsp3) is 0.800. The van der Waals surface area contributed by atoms with Gasteiger partial charge in [0.05, 0.1) is 12.5 Å². The molecule has 0 radical (unpaired) electrons. The summed E-state index contributed by atoms with van der Waals surface area (Å²) in [5, 5.41) is 13.1. The van der Waals surface area contributed by atoms with Gasteiger partial charge in [-0.1, -0.05) is 24.4 Å². The zero-order valence-corrected chi connectivity index (χ0v) is 12.8. The van der Waals surface area contributed by atoms with E-state index in [0.29, 0.717) is 24.6 Å². The van der Waals surface area contributed by atoms with Crippen LogP contribution in [0.1, 0.15) is 57.2 Å². The molecular formula is C15H24N2O4. The van der Waals surface area contributed by atoms with Crippen molar-refractivity contribution in [3.8, 4) is 0 Å². The summed E-state index contributed by atoms with van der Waals surface area (Å²) in [4.78, 5) is 15.6. The van der Waals surface area contributed by atoms with E-state index in [9.17, 15) is 9.90 Å². The maximum Gasteiger partial charge on any atom is 0.303 e. The van der Waals surface area contributed by atoms with Gasteiger partial charge in [0.1, 0.15) is 0 Å². The third-order valence-electron chi connectivity index (χ3n) is 4.35. The molecule has 1 aromatic rings. The summed E-state index contributed by atoms with van der Waals surface area (Å²) in [7, 11) is 1.65. The molecule has 118 valence electrons. The standard InChI is InChI=1S/C15H24N2O4/c1-11(20-2)8-12-16-13(21-17-12)9-15(10-14(18)19)6-4-3-5-7-15/h11H,3-10H2,1-2H3,(H,18,19). The molecule has 21 heavy (non-hydrogen) atoms. The Morgan fingerprint density at radius 2 is 2.14 bits per heavy atom. The van der Waals surface area contributed by atoms with Crippen molar-refractivity contribution in [2.24, 2.45) is 5.41 Å². The van der Waals surface area contributed by atoms with Gasteiger partial charge in [0.15, 0.2) is 5.82 Å². The summed E-state index contributed by atoms with van der Waals surface area (Å²) in [6.45, 7) is 1.95. The van der Waals surface area contributed by atoms with Gasteiger partial charge in [-0.3, -0.25) is 4.79 Å². The molecule has 6 heteroatoms. The number of aromatic nitrogens is 2. The fourth-order valence-corrected chi connectivity index (χ4v) is 3.14. The predicted octanol–water partition coefficient (Wildman–Crippen LogP) is 2.61. The average molecular weight is 296 g/mol. The van der Waals surface area contributed by atoms with E-state index < -0.39 is 5.97 Å². The van der Waals surface area contributed by atoms with E-state index in [0.717, 1.165) is 25.7 Å². The molecule has 1 saturated carbocycles. The molecule has 1 fully saturated rings. The van der Waals surface area contributed by atoms with Crippen LogP contribution in [0.25, 0.3) is 0 Å². The Balaban J connectivity index is 2.04. The molecule has 0 bridgehead atoms. The molecule has 6 nitrogen and oxygen atoms in total. The van der Waals surface area contributed by atoms with Crippen LogP contribution in [-0.2, 0) is 22.4 Å². The zero-order chi connectivity index (χ0) is 15.3. The second kappa shape index (κ2) is 7.02. The molecule has 1 atom stereocenters. The van der Waals surface area contributed by atoms with Crippen LogP contribution < -0.4 is 0 Å². The SMILES string of the molecule is COC(C)Cc1noc(CC2(CC(=O)O)CCCCC2)n1. The minimum absolute atomic E-state index is 0.0399. The molecule has 2 rings (SSSR count). The molecule has 1 unspecified atom stereocenters. The lowest BCUT2D eigenvalue weighted by Crippen LogP contribution is -2.30. The highest BCUT2D eigenvalue weighted by molar-refractivity contribution is 5.67. The zero-order valence-electron chi connectivity index (χ0n) is 12.8. The molecule has 0 saturated heterocycles. The Morgan fingerprint density at radius 3 is 2.76 bits per heavy atom. The Hall–Kier alpha value is -1.43. The lowest BCUT2D eigenvalue weighted by Gasteiger charge is -2.34. The van der Waals surface area contributed by atoms with Gasteiger partial charge in [0.25, 0.3) is 0 Å². The minimum Gasteiger partial charge on any atom is -0.481 e. The number of hydrogen-bond donors (Lipinski definition) is 1. The van der Waals surface area contributed by atoms with Crippen LogP contribution in [0.4, 0.5) is 0 Å². The number of carboxylic acids is 1. The highest BCUT2D eigenvalue weighted by Crippen LogP contribution is 2.41. The van der Waals surface area contributed by atoms with Gasteiger partial charge < -0.3 is 14.4 Å². The molecule has 0 aliphatic heterocycles. The van der Waals surface area contributed by atoms with E-state index in [1.165, 1.54) is 6.42 Å². The molecule has 1 heterocycles. The van der Waals surface area contributed by atoms with Crippen LogP contribution in [0, 0.1) is 5.41 Å². The Bertz CT molecular complexity index is 466. The van der Waals surface area contributed by atoms with Crippen LogP contribution in [0.3, 0.4) is 0 Å². The molecule has 0 spiro atoms. The first kappa shape index (κ1) is 15.9. The molecule has 0 aromatic carbocycles. The second-order valence-electron chi connectivity index (χ2n) is 6.16. The maximum atomic E-state index is 11.2. The van der Waals surface area contributed by atoms with Gasteiger partial charge >= 0.3 is 5.97 Å². The van der Waals surface area contributed by atoms with E-state index >= 15 is 0 Å². The van der Waals surface area contributed by atoms with Crippen molar-refractivity contribution in [2.45, 2.75) is 64.4 Å². The van der Waals surface area contributed by atoms with Gasteiger partial charge in [-0.05, 0) is 25.2 Å². The van der Waals surface area contributed by atoms with Gasteiger partial charge in [-0.2, -0.15) is 4.98 Å². The van der Waals surface area contributed by atoms with Crippen LogP contribution in [0.5, 0.6) is 0 Å². The van der Waals surface area contributed by atoms with Crippen molar-refractivity contribution >= 4 is 5.97 Å². The summed E-state index contributed by atoms with van der Waals surface area (Å²) >= 11 is 0. The molecule has 1 aliphatic rings. The summed E-state index contributed by atoms with van der Waals surface area (Å²) in [5.41, 5.74) is -0.221. The Kier molecular flexibility index (Phi) is 5.33. The van der Waals surface area contributed by atoms with Crippen LogP contribution in [0.15, 0.2) is 4.52 Å². The first-order valence-electron chi connectivity index (χ1n) is 7.59. The van der Waals surface area contributed by atoms with Crippen LogP contribution in [-0.4, -0.2) is 34.4 Å². The number of carbonyl (C=O) groups is 1. The number of aliphatic carboxylic acids is 1. The number of hydrogen-bond acceptors (Lipinski definition) is 5. The average Bonchev–Trinajstić information content (AvgIpc) is 2.85. The van der Waals surface area contributed by atoms with Crippen molar-refractivity contribution in [1.82, 2.24) is 10.1 Å². The van der Waals surface area contributed by atoms with E-state index in [4.69, 9.17) is 9.26 Å². The van der Waals surface area contributed by atoms with Gasteiger partial charge in [-0.15, -0.1) is 0 Å². The van der Waals surface area contributed by atoms with Crippen molar-refractivity contribution in [2.75, 3.05) is 7.11 Å². The molecule has 1 aliphatic carbocycles. The number of carboxylic acid groups (broad SMARTS) is 1. The van der Waals surface area contributed by atoms with Crippen molar-refractivity contribution in [3.63, 3.8) is 0 Å². The van der Waals surface area contributed by atoms with Gasteiger partial charge in [0, 0.05) is 20.0 Å². The highest BCUT2D eigenvalue weighted by Gasteiger charge is 2.36. The van der Waals surface area contributed by atoms with Crippen LogP contribution in [0.2, 0.25) is 0 Å². The third kappa shape index (κ3) is 4.52. The highest BCUT2D eigenvalue weighted by atomic mass is 16.5. The van der Waals surface area contributed by atoms with E-state index in [2.05, 4.69) is 10.1 Å². The fourth-order valence-electron chi connectivity index (χ4n) is 3.14. The topological polar surface area (TPSA) is 85.5 Å². The molecule has 0 amide bonds. The van der Waals surface area contributed by atoms with E-state index in [1.807, 2.05) is 6.92 Å². The lowest BCUT2D eigenvalue weighted by molar-refractivity contribution is -0.140. The maximum absolute atomic E-state index is 11.2. The van der Waals surface area contributed by atoms with Crippen molar-refractivity contribution in [1.29, 1.82) is 0 Å². The quantitative estimate of drug-likeness (QED) is 0.832. The Morgan fingerprint density at radius 1 is 1.43 bits per heavy atom. The third-order valence-corrected chi connectivity index (χ3v) is 4.35. The minimum atomic E-state index is -0.746. The first-order valence-corrected chi connectivity index (χ1v) is 7.59. The number of methoxy groups -OCH3 is 1. The van der Waals surface area contributed by atoms with Crippen LogP contribution >= 0.6 is 0 Å². The van der Waals surface area contributed by atoms with E-state index in [1.54, 1.807) is 7.11 Å². The molecule has 1 N–H and O–H groups in total. The van der Waals surface area contributed by atoms with Gasteiger partial charge in [-0.25, -0.2) is 0 Å². The lowest BCUT2D eigenvalue weighted by atomic mass is 9.69. The first-order chi connectivity index (χ1) is 10.0. The monoisotopic (exact) mass is 296 g/mol. The number of ether oxygens (including phenoxy) is 1. The predicted molar refractivity (Wildman–Crippen MR) is 75.9 cm³/mol. The smallest absolute Gasteiger partial charge is 0.303 e. The summed E-state index contributed by atoms with van der Waals surface area (Å²) in [6.07, 6.45) is 6.57. The molecule has 1 aromatic heterocycles. The largest absolute Gasteiger partial charge is 0.481 e. The van der Waals surface area contributed by atoms with Crippen molar-refractivity contribution < 1.29 is 19.2 Å². The summed E-state index contributed by atoms with van der Waals surface area (Å²) in [5.74, 6) is 0.432. The molecular weight excluding hydrogens is 272 g/mol. The summed E-state index contributed by atoms with van der Waals surface area (Å²) in [6, 6.07) is 0. The second-order valence-corrected chi connectivity index (χ2v) is 6.16. The summed E-state index contributed by atoms with van der Waals surface area (Å²) < 4.78 is 10.5. The Labute approximate surface area is 124 Å². The van der Waals surface area contributed by atoms with Gasteiger partial charge in [0.2, 0.25) is 5.89 Å². The van der Waals surface area contributed by atoms with Crippen molar-refractivity contribution in [3.05, 3.63) is 11.7 Å². The number of nitrogens with zero attached hydrogens (tertiary/aromatic N) is 2. The van der Waals surface area contributed by atoms with E-state index in [-0.39, 0.29) is 17.9 Å².